The molecule has 0 aliphatic carbocycles. The number of hydrogen-bond donors (Lipinski definition) is 3. The van der Waals surface area contributed by atoms with Crippen molar-refractivity contribution in [2.45, 2.75) is 38.9 Å². The average Bonchev–Trinajstić information content (AvgIpc) is 2.99. The molecule has 22 heavy (non-hydrogen) atoms. The molecule has 1 saturated heterocycles. The predicted molar refractivity (Wildman–Crippen MR) is 82.8 cm³/mol. The lowest BCUT2D eigenvalue weighted by Crippen LogP contribution is -2.52. The van der Waals surface area contributed by atoms with E-state index in [0.29, 0.717) is 12.2 Å². The topological polar surface area (TPSA) is 82.3 Å². The second-order valence-corrected chi connectivity index (χ2v) is 6.11. The summed E-state index contributed by atoms with van der Waals surface area (Å²) in [5.74, 6) is -0.0891. The van der Waals surface area contributed by atoms with Crippen molar-refractivity contribution in [2.24, 2.45) is 0 Å². The number of amides is 1. The van der Waals surface area contributed by atoms with Crippen molar-refractivity contribution in [3.05, 3.63) is 17.0 Å². The van der Waals surface area contributed by atoms with E-state index < -0.39 is 0 Å². The normalized spacial score (nSPS) is 21.9. The van der Waals surface area contributed by atoms with E-state index in [2.05, 4.69) is 39.6 Å². The number of aromatic nitrogens is 2. The van der Waals surface area contributed by atoms with Crippen LogP contribution in [0, 0.1) is 0 Å². The predicted octanol–water partition coefficient (Wildman–Crippen LogP) is -0.106. The van der Waals surface area contributed by atoms with E-state index in [0.717, 1.165) is 50.5 Å². The highest BCUT2D eigenvalue weighted by Crippen LogP contribution is 2.16. The molecular formula is C15H25N5O2. The minimum Gasteiger partial charge on any atom is -0.379 e. The van der Waals surface area contributed by atoms with Gasteiger partial charge in [-0.05, 0) is 13.8 Å². The van der Waals surface area contributed by atoms with Gasteiger partial charge in [0.2, 0.25) is 0 Å². The van der Waals surface area contributed by atoms with Gasteiger partial charge in [0.25, 0.3) is 5.91 Å². The first kappa shape index (κ1) is 15.5. The molecule has 0 spiro atoms. The fourth-order valence-corrected chi connectivity index (χ4v) is 3.11. The van der Waals surface area contributed by atoms with Crippen LogP contribution < -0.4 is 10.6 Å². The first-order chi connectivity index (χ1) is 10.7. The van der Waals surface area contributed by atoms with Crippen LogP contribution in [0.5, 0.6) is 0 Å². The van der Waals surface area contributed by atoms with Crippen LogP contribution in [0.4, 0.5) is 0 Å². The van der Waals surface area contributed by atoms with Gasteiger partial charge in [0.1, 0.15) is 0 Å². The SMILES string of the molecule is CC(NC(=O)c1n[nH]c2c1CNCC2)C(C)N1CCOCC1. The molecule has 3 N–H and O–H groups in total. The third-order valence-electron chi connectivity index (χ3n) is 4.73. The molecule has 2 aliphatic heterocycles. The Bertz CT molecular complexity index is 524. The third-order valence-corrected chi connectivity index (χ3v) is 4.73. The molecule has 2 unspecified atom stereocenters. The van der Waals surface area contributed by atoms with E-state index >= 15 is 0 Å². The van der Waals surface area contributed by atoms with Gasteiger partial charge in [-0.25, -0.2) is 0 Å². The van der Waals surface area contributed by atoms with Crippen LogP contribution in [-0.4, -0.2) is 65.9 Å². The molecule has 0 saturated carbocycles. The van der Waals surface area contributed by atoms with Gasteiger partial charge in [-0.15, -0.1) is 0 Å². The maximum Gasteiger partial charge on any atom is 0.272 e. The molecular weight excluding hydrogens is 282 g/mol. The summed E-state index contributed by atoms with van der Waals surface area (Å²) in [4.78, 5) is 14.9. The van der Waals surface area contributed by atoms with Gasteiger partial charge >= 0.3 is 0 Å². The number of carbonyl (C=O) groups is 1. The van der Waals surface area contributed by atoms with Crippen LogP contribution in [0.2, 0.25) is 0 Å². The molecule has 1 aromatic rings. The number of carbonyl (C=O) groups excluding carboxylic acids is 1. The van der Waals surface area contributed by atoms with E-state index in [1.807, 2.05) is 0 Å². The van der Waals surface area contributed by atoms with Gasteiger partial charge in [-0.2, -0.15) is 5.10 Å². The zero-order valence-electron chi connectivity index (χ0n) is 13.3. The summed E-state index contributed by atoms with van der Waals surface area (Å²) in [6, 6.07) is 0.343. The van der Waals surface area contributed by atoms with Crippen molar-refractivity contribution < 1.29 is 9.53 Å². The minimum absolute atomic E-state index is 0.0644. The minimum atomic E-state index is -0.0891. The molecule has 0 aromatic carbocycles. The summed E-state index contributed by atoms with van der Waals surface area (Å²) in [5, 5.41) is 13.6. The van der Waals surface area contributed by atoms with E-state index in [1.54, 1.807) is 0 Å². The maximum absolute atomic E-state index is 12.5. The highest BCUT2D eigenvalue weighted by atomic mass is 16.5. The lowest BCUT2D eigenvalue weighted by molar-refractivity contribution is 0.0137. The molecule has 1 fully saturated rings. The van der Waals surface area contributed by atoms with Crippen molar-refractivity contribution in [1.29, 1.82) is 0 Å². The molecule has 0 bridgehead atoms. The highest BCUT2D eigenvalue weighted by molar-refractivity contribution is 5.94. The Morgan fingerprint density at radius 2 is 2.14 bits per heavy atom. The van der Waals surface area contributed by atoms with E-state index in [1.165, 1.54) is 0 Å². The largest absolute Gasteiger partial charge is 0.379 e. The van der Waals surface area contributed by atoms with Crippen molar-refractivity contribution in [3.63, 3.8) is 0 Å². The molecule has 3 heterocycles. The maximum atomic E-state index is 12.5. The van der Waals surface area contributed by atoms with Gasteiger partial charge in [0, 0.05) is 55.9 Å². The van der Waals surface area contributed by atoms with Gasteiger partial charge < -0.3 is 15.4 Å². The van der Waals surface area contributed by atoms with Crippen LogP contribution in [0.3, 0.4) is 0 Å². The van der Waals surface area contributed by atoms with E-state index in [4.69, 9.17) is 4.74 Å². The summed E-state index contributed by atoms with van der Waals surface area (Å²) in [5.41, 5.74) is 2.62. The quantitative estimate of drug-likeness (QED) is 0.723. The number of nitrogens with one attached hydrogen (secondary N) is 3. The second-order valence-electron chi connectivity index (χ2n) is 6.11. The van der Waals surface area contributed by atoms with Gasteiger partial charge in [-0.1, -0.05) is 0 Å². The van der Waals surface area contributed by atoms with Gasteiger partial charge in [-0.3, -0.25) is 14.8 Å². The average molecular weight is 307 g/mol. The lowest BCUT2D eigenvalue weighted by Gasteiger charge is -2.35. The van der Waals surface area contributed by atoms with Crippen molar-refractivity contribution >= 4 is 5.91 Å². The first-order valence-electron chi connectivity index (χ1n) is 8.06. The summed E-state index contributed by atoms with van der Waals surface area (Å²) in [6.07, 6.45) is 0.898. The molecule has 122 valence electrons. The van der Waals surface area contributed by atoms with Crippen LogP contribution in [0.15, 0.2) is 0 Å². The molecule has 1 amide bonds. The zero-order chi connectivity index (χ0) is 15.5. The van der Waals surface area contributed by atoms with E-state index in [-0.39, 0.29) is 18.0 Å². The molecule has 0 radical (unpaired) electrons. The Kier molecular flexibility index (Phi) is 4.75. The number of nitrogens with zero attached hydrogens (tertiary/aromatic N) is 2. The standard InChI is InChI=1S/C15H25N5O2/c1-10(11(2)20-5-7-22-8-6-20)17-15(21)14-12-9-16-4-3-13(12)18-19-14/h10-11,16H,3-9H2,1-2H3,(H,17,21)(H,18,19). The molecule has 3 rings (SSSR count). The number of morpholine rings is 1. The van der Waals surface area contributed by atoms with E-state index in [9.17, 15) is 4.79 Å². The second kappa shape index (κ2) is 6.76. The Hall–Kier alpha value is -1.44. The van der Waals surface area contributed by atoms with Gasteiger partial charge in [0.15, 0.2) is 5.69 Å². The lowest BCUT2D eigenvalue weighted by atomic mass is 10.1. The number of aromatic amines is 1. The molecule has 1 aromatic heterocycles. The van der Waals surface area contributed by atoms with Crippen LogP contribution in [0.25, 0.3) is 0 Å². The van der Waals surface area contributed by atoms with Crippen molar-refractivity contribution in [1.82, 2.24) is 25.7 Å². The number of ether oxygens (including phenoxy) is 1. The molecule has 2 aliphatic rings. The Morgan fingerprint density at radius 3 is 2.91 bits per heavy atom. The zero-order valence-corrected chi connectivity index (χ0v) is 13.3. The van der Waals surface area contributed by atoms with Gasteiger partial charge in [0.05, 0.1) is 13.2 Å². The van der Waals surface area contributed by atoms with Crippen LogP contribution in [-0.2, 0) is 17.7 Å². The van der Waals surface area contributed by atoms with Crippen molar-refractivity contribution in [2.75, 3.05) is 32.8 Å². The number of hydrogen-bond acceptors (Lipinski definition) is 5. The number of H-pyrrole nitrogens is 1. The van der Waals surface area contributed by atoms with Crippen molar-refractivity contribution in [3.8, 4) is 0 Å². The smallest absolute Gasteiger partial charge is 0.272 e. The van der Waals surface area contributed by atoms with Crippen LogP contribution in [0.1, 0.15) is 35.6 Å². The number of rotatable bonds is 4. The summed E-state index contributed by atoms with van der Waals surface area (Å²) in [6.45, 7) is 9.22. The third kappa shape index (κ3) is 3.16. The Balaban J connectivity index is 1.62. The Morgan fingerprint density at radius 1 is 1.36 bits per heavy atom. The molecule has 2 atom stereocenters. The van der Waals surface area contributed by atoms with Crippen LogP contribution >= 0.6 is 0 Å². The molecule has 7 heteroatoms. The summed E-state index contributed by atoms with van der Waals surface area (Å²) in [7, 11) is 0. The molecule has 7 nitrogen and oxygen atoms in total. The number of fused-ring (bicyclic) bond motifs is 1. The highest BCUT2D eigenvalue weighted by Gasteiger charge is 2.26. The fraction of sp³-hybridized carbons (Fsp3) is 0.733. The fourth-order valence-electron chi connectivity index (χ4n) is 3.11. The monoisotopic (exact) mass is 307 g/mol. The Labute approximate surface area is 130 Å². The first-order valence-corrected chi connectivity index (χ1v) is 8.06. The summed E-state index contributed by atoms with van der Waals surface area (Å²) < 4.78 is 5.38. The summed E-state index contributed by atoms with van der Waals surface area (Å²) >= 11 is 0.